The van der Waals surface area contributed by atoms with Crippen molar-refractivity contribution in [2.45, 2.75) is 25.7 Å². The lowest BCUT2D eigenvalue weighted by atomic mass is 9.99. The lowest BCUT2D eigenvalue weighted by Crippen LogP contribution is -2.13. The van der Waals surface area contributed by atoms with Crippen LogP contribution in [0.3, 0.4) is 0 Å². The van der Waals surface area contributed by atoms with Gasteiger partial charge < -0.3 is 5.11 Å². The molecule has 0 saturated carbocycles. The maximum absolute atomic E-state index is 11.0. The second-order valence-electron chi connectivity index (χ2n) is 3.20. The van der Waals surface area contributed by atoms with Crippen molar-refractivity contribution in [1.29, 1.82) is 0 Å². The van der Waals surface area contributed by atoms with E-state index in [-0.39, 0.29) is 0 Å². The van der Waals surface area contributed by atoms with Gasteiger partial charge in [0.2, 0.25) is 0 Å². The lowest BCUT2D eigenvalue weighted by Gasteiger charge is -2.12. The number of aliphatic carboxylic acids is 1. The predicted octanol–water partition coefficient (Wildman–Crippen LogP) is 3.47. The minimum Gasteiger partial charge on any atom is -0.481 e. The highest BCUT2D eigenvalue weighted by molar-refractivity contribution is 9.10. The Kier molecular flexibility index (Phi) is 4.54. The fourth-order valence-corrected chi connectivity index (χ4v) is 2.11. The fraction of sp³-hybridized carbons (Fsp3) is 0.400. The van der Waals surface area contributed by atoms with Crippen molar-refractivity contribution in [2.24, 2.45) is 0 Å². The summed E-state index contributed by atoms with van der Waals surface area (Å²) >= 11 is 9.18. The number of carboxylic acids is 1. The molecule has 0 fully saturated rings. The molecule has 0 aliphatic carbocycles. The van der Waals surface area contributed by atoms with Crippen LogP contribution < -0.4 is 0 Å². The van der Waals surface area contributed by atoms with E-state index in [4.69, 9.17) is 16.7 Å². The van der Waals surface area contributed by atoms with Crippen LogP contribution in [-0.4, -0.2) is 16.1 Å². The van der Waals surface area contributed by atoms with E-state index < -0.39 is 11.9 Å². The molecule has 1 heterocycles. The van der Waals surface area contributed by atoms with Crippen LogP contribution in [-0.2, 0) is 4.79 Å². The standard InChI is InChI=1S/C10H11BrClNO2/c1-2-3-7(10(14)15)9-8(12)4-6(11)5-13-9/h4-5,7H,2-3H2,1H3,(H,14,15). The summed E-state index contributed by atoms with van der Waals surface area (Å²) in [6.07, 6.45) is 2.89. The van der Waals surface area contributed by atoms with E-state index in [1.54, 1.807) is 12.3 Å². The molecule has 0 saturated heterocycles. The van der Waals surface area contributed by atoms with Crippen molar-refractivity contribution >= 4 is 33.5 Å². The van der Waals surface area contributed by atoms with Gasteiger partial charge in [0.25, 0.3) is 0 Å². The Morgan fingerprint density at radius 2 is 2.40 bits per heavy atom. The summed E-state index contributed by atoms with van der Waals surface area (Å²) < 4.78 is 0.747. The van der Waals surface area contributed by atoms with Crippen LogP contribution in [0.4, 0.5) is 0 Å². The molecule has 5 heteroatoms. The summed E-state index contributed by atoms with van der Waals surface area (Å²) in [5.41, 5.74) is 0.439. The number of carboxylic acid groups (broad SMARTS) is 1. The Balaban J connectivity index is 3.05. The molecule has 0 amide bonds. The number of hydrogen-bond donors (Lipinski definition) is 1. The molecule has 1 unspecified atom stereocenters. The molecule has 1 aromatic rings. The van der Waals surface area contributed by atoms with Crippen LogP contribution >= 0.6 is 27.5 Å². The first-order chi connectivity index (χ1) is 7.06. The molecule has 0 aliphatic heterocycles. The maximum Gasteiger partial charge on any atom is 0.312 e. The molecule has 15 heavy (non-hydrogen) atoms. The van der Waals surface area contributed by atoms with Gasteiger partial charge in [-0.25, -0.2) is 0 Å². The summed E-state index contributed by atoms with van der Waals surface area (Å²) in [5.74, 6) is -1.50. The zero-order valence-electron chi connectivity index (χ0n) is 8.20. The van der Waals surface area contributed by atoms with E-state index >= 15 is 0 Å². The van der Waals surface area contributed by atoms with Crippen LogP contribution in [0.15, 0.2) is 16.7 Å². The van der Waals surface area contributed by atoms with Gasteiger partial charge in [0.1, 0.15) is 5.92 Å². The van der Waals surface area contributed by atoms with Crippen molar-refractivity contribution in [3.05, 3.63) is 27.5 Å². The van der Waals surface area contributed by atoms with Crippen molar-refractivity contribution in [1.82, 2.24) is 4.98 Å². The Labute approximate surface area is 102 Å². The fourth-order valence-electron chi connectivity index (χ4n) is 1.35. The lowest BCUT2D eigenvalue weighted by molar-refractivity contribution is -0.139. The first kappa shape index (κ1) is 12.5. The third-order valence-electron chi connectivity index (χ3n) is 2.04. The summed E-state index contributed by atoms with van der Waals surface area (Å²) in [7, 11) is 0. The van der Waals surface area contributed by atoms with Crippen LogP contribution in [0.25, 0.3) is 0 Å². The first-order valence-electron chi connectivity index (χ1n) is 4.60. The van der Waals surface area contributed by atoms with Crippen molar-refractivity contribution < 1.29 is 9.90 Å². The first-order valence-corrected chi connectivity index (χ1v) is 5.77. The molecule has 1 aromatic heterocycles. The molecule has 0 aliphatic rings. The molecule has 3 nitrogen and oxygen atoms in total. The van der Waals surface area contributed by atoms with Crippen LogP contribution in [0.1, 0.15) is 31.4 Å². The van der Waals surface area contributed by atoms with Gasteiger partial charge in [0, 0.05) is 10.7 Å². The average molecular weight is 293 g/mol. The van der Waals surface area contributed by atoms with Gasteiger partial charge in [-0.15, -0.1) is 0 Å². The highest BCUT2D eigenvalue weighted by Gasteiger charge is 2.22. The number of rotatable bonds is 4. The molecule has 1 N–H and O–H groups in total. The predicted molar refractivity (Wildman–Crippen MR) is 62.2 cm³/mol. The van der Waals surface area contributed by atoms with Gasteiger partial charge in [0.15, 0.2) is 0 Å². The Bertz CT molecular complexity index is 370. The highest BCUT2D eigenvalue weighted by atomic mass is 79.9. The van der Waals surface area contributed by atoms with Crippen molar-refractivity contribution in [2.75, 3.05) is 0 Å². The van der Waals surface area contributed by atoms with E-state index in [9.17, 15) is 4.79 Å². The van der Waals surface area contributed by atoms with E-state index in [0.717, 1.165) is 10.9 Å². The summed E-state index contributed by atoms with van der Waals surface area (Å²) in [4.78, 5) is 15.1. The minimum atomic E-state index is -0.881. The molecule has 1 atom stereocenters. The molecule has 82 valence electrons. The monoisotopic (exact) mass is 291 g/mol. The van der Waals surface area contributed by atoms with Gasteiger partial charge in [-0.05, 0) is 28.4 Å². The average Bonchev–Trinajstić information content (AvgIpc) is 2.15. The number of aromatic nitrogens is 1. The number of carbonyl (C=O) groups is 1. The summed E-state index contributed by atoms with van der Waals surface area (Å²) in [6, 6.07) is 1.66. The van der Waals surface area contributed by atoms with Crippen LogP contribution in [0.5, 0.6) is 0 Å². The van der Waals surface area contributed by atoms with E-state index in [1.807, 2.05) is 6.92 Å². The van der Waals surface area contributed by atoms with Gasteiger partial charge in [-0.2, -0.15) is 0 Å². The molecule has 0 radical (unpaired) electrons. The van der Waals surface area contributed by atoms with E-state index in [0.29, 0.717) is 17.1 Å². The number of nitrogens with zero attached hydrogens (tertiary/aromatic N) is 1. The van der Waals surface area contributed by atoms with Gasteiger partial charge in [0.05, 0.1) is 10.7 Å². The molecular weight excluding hydrogens is 281 g/mol. The third kappa shape index (κ3) is 3.18. The zero-order valence-corrected chi connectivity index (χ0v) is 10.5. The normalized spacial score (nSPS) is 12.5. The topological polar surface area (TPSA) is 50.2 Å². The molecular formula is C10H11BrClNO2. The second-order valence-corrected chi connectivity index (χ2v) is 4.52. The Hall–Kier alpha value is -0.610. The Morgan fingerprint density at radius 3 is 2.87 bits per heavy atom. The molecule has 0 bridgehead atoms. The quantitative estimate of drug-likeness (QED) is 0.924. The van der Waals surface area contributed by atoms with Crippen LogP contribution in [0.2, 0.25) is 5.02 Å². The van der Waals surface area contributed by atoms with Crippen molar-refractivity contribution in [3.63, 3.8) is 0 Å². The smallest absolute Gasteiger partial charge is 0.312 e. The second kappa shape index (κ2) is 5.47. The van der Waals surface area contributed by atoms with E-state index in [2.05, 4.69) is 20.9 Å². The van der Waals surface area contributed by atoms with Crippen LogP contribution in [0, 0.1) is 0 Å². The number of pyridine rings is 1. The maximum atomic E-state index is 11.0. The number of halogens is 2. The minimum absolute atomic E-state index is 0.394. The largest absolute Gasteiger partial charge is 0.481 e. The van der Waals surface area contributed by atoms with Gasteiger partial charge in [-0.3, -0.25) is 9.78 Å². The number of hydrogen-bond acceptors (Lipinski definition) is 2. The van der Waals surface area contributed by atoms with Gasteiger partial charge in [-0.1, -0.05) is 24.9 Å². The SMILES string of the molecule is CCCC(C(=O)O)c1ncc(Br)cc1Cl. The third-order valence-corrected chi connectivity index (χ3v) is 2.78. The molecule has 0 aromatic carbocycles. The molecule has 0 spiro atoms. The summed E-state index contributed by atoms with van der Waals surface area (Å²) in [6.45, 7) is 1.93. The summed E-state index contributed by atoms with van der Waals surface area (Å²) in [5, 5.41) is 9.43. The van der Waals surface area contributed by atoms with Gasteiger partial charge >= 0.3 is 5.97 Å². The van der Waals surface area contributed by atoms with E-state index in [1.165, 1.54) is 0 Å². The zero-order chi connectivity index (χ0) is 11.4. The molecule has 1 rings (SSSR count). The Morgan fingerprint density at radius 1 is 1.73 bits per heavy atom. The van der Waals surface area contributed by atoms with Crippen molar-refractivity contribution in [3.8, 4) is 0 Å². The highest BCUT2D eigenvalue weighted by Crippen LogP contribution is 2.28.